The molecule has 1 aromatic heterocycles. The monoisotopic (exact) mass is 224 g/mol. The van der Waals surface area contributed by atoms with Crippen molar-refractivity contribution in [2.24, 2.45) is 0 Å². The molecule has 0 saturated heterocycles. The molecule has 0 aromatic carbocycles. The van der Waals surface area contributed by atoms with Crippen LogP contribution < -0.4 is 0 Å². The summed E-state index contributed by atoms with van der Waals surface area (Å²) in [6.07, 6.45) is 3.60. The summed E-state index contributed by atoms with van der Waals surface area (Å²) in [5.74, 6) is 1.37. The fraction of sp³-hybridized carbons (Fsp3) is 0.364. The Morgan fingerprint density at radius 1 is 1.60 bits per heavy atom. The van der Waals surface area contributed by atoms with E-state index in [1.807, 2.05) is 37.4 Å². The molecule has 15 heavy (non-hydrogen) atoms. The van der Waals surface area contributed by atoms with Crippen LogP contribution in [-0.4, -0.2) is 23.0 Å². The maximum absolute atomic E-state index is 5.93. The number of alkyl halides is 1. The van der Waals surface area contributed by atoms with Gasteiger partial charge >= 0.3 is 0 Å². The van der Waals surface area contributed by atoms with Crippen molar-refractivity contribution in [2.45, 2.75) is 13.0 Å². The van der Waals surface area contributed by atoms with E-state index in [0.717, 1.165) is 16.9 Å². The molecule has 2 heterocycles. The molecule has 4 heteroatoms. The number of rotatable bonds is 2. The van der Waals surface area contributed by atoms with E-state index in [1.54, 1.807) is 6.20 Å². The van der Waals surface area contributed by atoms with Gasteiger partial charge < -0.3 is 4.84 Å². The zero-order valence-electron chi connectivity index (χ0n) is 8.77. The third kappa shape index (κ3) is 1.85. The van der Waals surface area contributed by atoms with Crippen molar-refractivity contribution in [3.05, 3.63) is 41.4 Å². The molecular formula is C11H13ClN2O. The van der Waals surface area contributed by atoms with Crippen LogP contribution in [0, 0.1) is 0 Å². The maximum atomic E-state index is 5.93. The van der Waals surface area contributed by atoms with Crippen LogP contribution in [0.15, 0.2) is 35.9 Å². The number of halogens is 1. The highest BCUT2D eigenvalue weighted by molar-refractivity contribution is 6.19. The molecule has 80 valence electrons. The second-order valence-electron chi connectivity index (χ2n) is 3.54. The quantitative estimate of drug-likeness (QED) is 0.722. The summed E-state index contributed by atoms with van der Waals surface area (Å²) in [5.41, 5.74) is 2.21. The van der Waals surface area contributed by atoms with Gasteiger partial charge in [-0.05, 0) is 18.6 Å². The van der Waals surface area contributed by atoms with Gasteiger partial charge in [0.15, 0.2) is 0 Å². The number of hydrogen-bond acceptors (Lipinski definition) is 3. The highest BCUT2D eigenvalue weighted by atomic mass is 35.5. The highest BCUT2D eigenvalue weighted by Gasteiger charge is 2.31. The molecule has 0 N–H and O–H groups in total. The predicted octanol–water partition coefficient (Wildman–Crippen LogP) is 2.51. The summed E-state index contributed by atoms with van der Waals surface area (Å²) in [6.45, 7) is 1.94. The molecule has 0 radical (unpaired) electrons. The summed E-state index contributed by atoms with van der Waals surface area (Å²) < 4.78 is 0. The highest BCUT2D eigenvalue weighted by Crippen LogP contribution is 2.36. The maximum Gasteiger partial charge on any atom is 0.123 e. The van der Waals surface area contributed by atoms with Crippen molar-refractivity contribution in [1.82, 2.24) is 10.0 Å². The van der Waals surface area contributed by atoms with Crippen LogP contribution in [-0.2, 0) is 4.84 Å². The first-order chi connectivity index (χ1) is 7.24. The average Bonchev–Trinajstić information content (AvgIpc) is 2.54. The predicted molar refractivity (Wildman–Crippen MR) is 59.2 cm³/mol. The van der Waals surface area contributed by atoms with Crippen molar-refractivity contribution >= 4 is 11.6 Å². The topological polar surface area (TPSA) is 25.4 Å². The van der Waals surface area contributed by atoms with E-state index < -0.39 is 0 Å². The first-order valence-electron chi connectivity index (χ1n) is 4.80. The molecule has 2 rings (SSSR count). The molecule has 1 unspecified atom stereocenters. The Labute approximate surface area is 94.3 Å². The van der Waals surface area contributed by atoms with Crippen molar-refractivity contribution in [2.75, 3.05) is 12.9 Å². The minimum absolute atomic E-state index is 0.0937. The van der Waals surface area contributed by atoms with E-state index >= 15 is 0 Å². The normalized spacial score (nSPS) is 21.9. The van der Waals surface area contributed by atoms with Crippen molar-refractivity contribution in [3.8, 4) is 0 Å². The van der Waals surface area contributed by atoms with Crippen LogP contribution in [0.2, 0.25) is 0 Å². The summed E-state index contributed by atoms with van der Waals surface area (Å²) in [5, 5.41) is 1.81. The van der Waals surface area contributed by atoms with Crippen molar-refractivity contribution in [1.29, 1.82) is 0 Å². The molecule has 0 amide bonds. The molecule has 0 aliphatic carbocycles. The minimum Gasteiger partial charge on any atom is -0.410 e. The lowest BCUT2D eigenvalue weighted by molar-refractivity contribution is -0.0946. The molecule has 1 aliphatic heterocycles. The van der Waals surface area contributed by atoms with Crippen molar-refractivity contribution in [3.63, 3.8) is 0 Å². The number of hydroxylamine groups is 2. The largest absolute Gasteiger partial charge is 0.410 e. The lowest BCUT2D eigenvalue weighted by Crippen LogP contribution is -2.19. The first-order valence-corrected chi connectivity index (χ1v) is 5.34. The molecule has 1 aromatic rings. The zero-order chi connectivity index (χ0) is 10.8. The number of allylic oxidation sites excluding steroid dienone is 1. The lowest BCUT2D eigenvalue weighted by atomic mass is 10.0. The number of nitrogens with zero attached hydrogens (tertiary/aromatic N) is 2. The van der Waals surface area contributed by atoms with E-state index in [1.165, 1.54) is 0 Å². The zero-order valence-corrected chi connectivity index (χ0v) is 9.53. The molecule has 0 spiro atoms. The van der Waals surface area contributed by atoms with Gasteiger partial charge in [0.1, 0.15) is 5.76 Å². The van der Waals surface area contributed by atoms with Crippen LogP contribution in [0.3, 0.4) is 0 Å². The van der Waals surface area contributed by atoms with E-state index in [4.69, 9.17) is 16.4 Å². The van der Waals surface area contributed by atoms with Gasteiger partial charge in [0, 0.05) is 30.9 Å². The average molecular weight is 225 g/mol. The summed E-state index contributed by atoms with van der Waals surface area (Å²) in [7, 11) is 1.90. The Kier molecular flexibility index (Phi) is 2.93. The van der Waals surface area contributed by atoms with Gasteiger partial charge in [0.25, 0.3) is 0 Å². The van der Waals surface area contributed by atoms with Gasteiger partial charge in [-0.2, -0.15) is 0 Å². The lowest BCUT2D eigenvalue weighted by Gasteiger charge is -2.19. The van der Waals surface area contributed by atoms with E-state index in [0.29, 0.717) is 5.88 Å². The standard InChI is InChI=1S/C11H13ClN2O/c1-8-10(6-12)11(14(2)15-8)9-4-3-5-13-7-9/h3-5,7,11H,6H2,1-2H3. The first kappa shape index (κ1) is 10.5. The van der Waals surface area contributed by atoms with Crippen LogP contribution in [0.25, 0.3) is 0 Å². The Morgan fingerprint density at radius 3 is 3.00 bits per heavy atom. The molecule has 3 nitrogen and oxygen atoms in total. The number of hydrogen-bond donors (Lipinski definition) is 0. The third-order valence-electron chi connectivity index (χ3n) is 2.57. The number of pyridine rings is 1. The second kappa shape index (κ2) is 4.21. The van der Waals surface area contributed by atoms with Crippen LogP contribution in [0.1, 0.15) is 18.5 Å². The molecule has 0 saturated carbocycles. The fourth-order valence-electron chi connectivity index (χ4n) is 1.86. The van der Waals surface area contributed by atoms with Crippen LogP contribution >= 0.6 is 11.6 Å². The molecular weight excluding hydrogens is 212 g/mol. The van der Waals surface area contributed by atoms with Crippen LogP contribution in [0.5, 0.6) is 0 Å². The number of aromatic nitrogens is 1. The SMILES string of the molecule is CC1=C(CCl)C(c2cccnc2)N(C)O1. The smallest absolute Gasteiger partial charge is 0.123 e. The van der Waals surface area contributed by atoms with Crippen molar-refractivity contribution < 1.29 is 4.84 Å². The van der Waals surface area contributed by atoms with Gasteiger partial charge in [-0.1, -0.05) is 6.07 Å². The van der Waals surface area contributed by atoms with Gasteiger partial charge in [-0.25, -0.2) is 0 Å². The Morgan fingerprint density at radius 2 is 2.40 bits per heavy atom. The summed E-state index contributed by atoms with van der Waals surface area (Å²) in [4.78, 5) is 9.64. The summed E-state index contributed by atoms with van der Waals surface area (Å²) in [6, 6.07) is 4.04. The molecule has 0 fully saturated rings. The molecule has 0 bridgehead atoms. The van der Waals surface area contributed by atoms with Gasteiger partial charge in [0.2, 0.25) is 0 Å². The van der Waals surface area contributed by atoms with Gasteiger partial charge in [-0.15, -0.1) is 16.7 Å². The Hall–Kier alpha value is -1.06. The number of likely N-dealkylation sites (N-methyl/N-ethyl adjacent to an activating group) is 1. The van der Waals surface area contributed by atoms with E-state index in [9.17, 15) is 0 Å². The molecule has 1 atom stereocenters. The van der Waals surface area contributed by atoms with E-state index in [-0.39, 0.29) is 6.04 Å². The summed E-state index contributed by atoms with van der Waals surface area (Å²) >= 11 is 5.93. The Balaban J connectivity index is 2.36. The van der Waals surface area contributed by atoms with Gasteiger partial charge in [-0.3, -0.25) is 4.98 Å². The second-order valence-corrected chi connectivity index (χ2v) is 3.81. The third-order valence-corrected chi connectivity index (χ3v) is 2.86. The van der Waals surface area contributed by atoms with Crippen LogP contribution in [0.4, 0.5) is 0 Å². The van der Waals surface area contributed by atoms with E-state index in [2.05, 4.69) is 4.98 Å². The Bertz CT molecular complexity index is 377. The minimum atomic E-state index is 0.0937. The fourth-order valence-corrected chi connectivity index (χ4v) is 2.19. The molecule has 1 aliphatic rings. The van der Waals surface area contributed by atoms with Gasteiger partial charge in [0.05, 0.1) is 6.04 Å².